The second kappa shape index (κ2) is 7.85. The van der Waals surface area contributed by atoms with Gasteiger partial charge in [0.2, 0.25) is 0 Å². The first-order valence-electron chi connectivity index (χ1n) is 8.55. The molecule has 7 nitrogen and oxygen atoms in total. The predicted octanol–water partition coefficient (Wildman–Crippen LogP) is 2.25. The Morgan fingerprint density at radius 2 is 1.71 bits per heavy atom. The molecule has 146 valence electrons. The highest BCUT2D eigenvalue weighted by Crippen LogP contribution is 2.29. The highest BCUT2D eigenvalue weighted by atomic mass is 32.2. The minimum absolute atomic E-state index is 0.00466. The van der Waals surface area contributed by atoms with E-state index in [0.29, 0.717) is 5.56 Å². The van der Waals surface area contributed by atoms with E-state index in [1.54, 1.807) is 42.5 Å². The van der Waals surface area contributed by atoms with Crippen molar-refractivity contribution in [3.63, 3.8) is 0 Å². The molecule has 0 fully saturated rings. The van der Waals surface area contributed by atoms with E-state index in [2.05, 4.69) is 10.6 Å². The Labute approximate surface area is 163 Å². The van der Waals surface area contributed by atoms with Gasteiger partial charge >= 0.3 is 12.0 Å². The zero-order valence-corrected chi connectivity index (χ0v) is 16.2. The van der Waals surface area contributed by atoms with Crippen LogP contribution in [0.5, 0.6) is 0 Å². The lowest BCUT2D eigenvalue weighted by Gasteiger charge is -2.29. The number of carbonyl (C=O) groups excluding carboxylic acids is 2. The molecule has 0 radical (unpaired) electrons. The van der Waals surface area contributed by atoms with Crippen molar-refractivity contribution in [1.29, 1.82) is 0 Å². The molecule has 0 saturated carbocycles. The molecule has 0 unspecified atom stereocenters. The predicted molar refractivity (Wildman–Crippen MR) is 103 cm³/mol. The van der Waals surface area contributed by atoms with Gasteiger partial charge in [0, 0.05) is 5.70 Å². The Hall–Kier alpha value is -3.13. The number of sulfone groups is 1. The Kier molecular flexibility index (Phi) is 5.51. The van der Waals surface area contributed by atoms with Gasteiger partial charge < -0.3 is 15.4 Å². The van der Waals surface area contributed by atoms with Crippen LogP contribution in [0.3, 0.4) is 0 Å². The molecule has 1 atom stereocenters. The number of benzene rings is 2. The summed E-state index contributed by atoms with van der Waals surface area (Å²) >= 11 is 0. The average molecular weight is 400 g/mol. The third kappa shape index (κ3) is 4.07. The normalized spacial score (nSPS) is 16.9. The molecule has 2 aromatic rings. The standard InChI is InChI=1S/C20H20N2O5S/c1-13-8-10-15(11-9-13)28(25,26)12-16-17(19(23)27-2)18(22-20(24)21-16)14-6-4-3-5-7-14/h3-11,18H,12H2,1-2H3,(H2,21,22,24)/t18-/m1/s1. The molecule has 2 aromatic carbocycles. The lowest BCUT2D eigenvalue weighted by molar-refractivity contribution is -0.136. The van der Waals surface area contributed by atoms with Crippen molar-refractivity contribution >= 4 is 21.8 Å². The fraction of sp³-hybridized carbons (Fsp3) is 0.200. The third-order valence-corrected chi connectivity index (χ3v) is 6.07. The minimum Gasteiger partial charge on any atom is -0.466 e. The lowest BCUT2D eigenvalue weighted by atomic mass is 9.96. The first-order valence-corrected chi connectivity index (χ1v) is 10.2. The first-order chi connectivity index (χ1) is 13.3. The lowest BCUT2D eigenvalue weighted by Crippen LogP contribution is -2.47. The van der Waals surface area contributed by atoms with Crippen LogP contribution in [0.4, 0.5) is 4.79 Å². The molecule has 28 heavy (non-hydrogen) atoms. The van der Waals surface area contributed by atoms with Gasteiger partial charge in [-0.3, -0.25) is 0 Å². The van der Waals surface area contributed by atoms with Crippen LogP contribution in [-0.4, -0.2) is 33.3 Å². The smallest absolute Gasteiger partial charge is 0.338 e. The van der Waals surface area contributed by atoms with Crippen molar-refractivity contribution in [1.82, 2.24) is 10.6 Å². The van der Waals surface area contributed by atoms with E-state index in [4.69, 9.17) is 4.74 Å². The van der Waals surface area contributed by atoms with Gasteiger partial charge in [0.05, 0.1) is 29.4 Å². The van der Waals surface area contributed by atoms with E-state index in [0.717, 1.165) is 5.56 Å². The summed E-state index contributed by atoms with van der Waals surface area (Å²) in [5, 5.41) is 5.13. The van der Waals surface area contributed by atoms with Gasteiger partial charge in [-0.2, -0.15) is 0 Å². The summed E-state index contributed by atoms with van der Waals surface area (Å²) in [6.07, 6.45) is 0. The number of nitrogens with one attached hydrogen (secondary N) is 2. The van der Waals surface area contributed by atoms with Crippen LogP contribution in [0.15, 0.2) is 70.8 Å². The fourth-order valence-corrected chi connectivity index (χ4v) is 4.32. The van der Waals surface area contributed by atoms with Crippen molar-refractivity contribution in [2.75, 3.05) is 12.9 Å². The summed E-state index contributed by atoms with van der Waals surface area (Å²) in [5.74, 6) is -1.24. The summed E-state index contributed by atoms with van der Waals surface area (Å²) < 4.78 is 30.6. The van der Waals surface area contributed by atoms with Crippen LogP contribution in [0.2, 0.25) is 0 Å². The Balaban J connectivity index is 2.08. The van der Waals surface area contributed by atoms with E-state index in [1.807, 2.05) is 6.92 Å². The molecule has 2 N–H and O–H groups in total. The molecular weight excluding hydrogens is 380 g/mol. The van der Waals surface area contributed by atoms with Gasteiger partial charge in [-0.1, -0.05) is 48.0 Å². The van der Waals surface area contributed by atoms with E-state index < -0.39 is 33.6 Å². The summed E-state index contributed by atoms with van der Waals surface area (Å²) in [5.41, 5.74) is 1.63. The van der Waals surface area contributed by atoms with Gasteiger partial charge in [0.25, 0.3) is 0 Å². The number of esters is 1. The fourth-order valence-electron chi connectivity index (χ4n) is 3.00. The van der Waals surface area contributed by atoms with Crippen molar-refractivity contribution in [2.45, 2.75) is 17.9 Å². The quantitative estimate of drug-likeness (QED) is 0.750. The zero-order chi connectivity index (χ0) is 20.3. The second-order valence-electron chi connectivity index (χ2n) is 6.40. The van der Waals surface area contributed by atoms with Crippen molar-refractivity contribution < 1.29 is 22.7 Å². The second-order valence-corrected chi connectivity index (χ2v) is 8.39. The summed E-state index contributed by atoms with van der Waals surface area (Å²) in [6.45, 7) is 1.85. The number of carbonyl (C=O) groups is 2. The number of ether oxygens (including phenoxy) is 1. The number of rotatable bonds is 5. The van der Waals surface area contributed by atoms with E-state index in [9.17, 15) is 18.0 Å². The van der Waals surface area contributed by atoms with Gasteiger partial charge in [-0.05, 0) is 24.6 Å². The Bertz CT molecular complexity index is 1030. The summed E-state index contributed by atoms with van der Waals surface area (Å²) in [6, 6.07) is 13.8. The van der Waals surface area contributed by atoms with Crippen LogP contribution >= 0.6 is 0 Å². The van der Waals surface area contributed by atoms with Crippen molar-refractivity contribution in [3.05, 3.63) is 77.0 Å². The van der Waals surface area contributed by atoms with E-state index >= 15 is 0 Å². The summed E-state index contributed by atoms with van der Waals surface area (Å²) in [7, 11) is -2.58. The molecule has 0 aromatic heterocycles. The number of hydrogen-bond donors (Lipinski definition) is 2. The summed E-state index contributed by atoms with van der Waals surface area (Å²) in [4.78, 5) is 24.8. The highest BCUT2D eigenvalue weighted by molar-refractivity contribution is 7.91. The molecule has 0 bridgehead atoms. The number of urea groups is 1. The molecule has 0 spiro atoms. The van der Waals surface area contributed by atoms with E-state index in [-0.39, 0.29) is 16.2 Å². The maximum atomic E-state index is 12.9. The van der Waals surface area contributed by atoms with Crippen LogP contribution in [-0.2, 0) is 19.4 Å². The number of aryl methyl sites for hydroxylation is 1. The van der Waals surface area contributed by atoms with E-state index in [1.165, 1.54) is 19.2 Å². The number of methoxy groups -OCH3 is 1. The molecule has 0 aliphatic carbocycles. The van der Waals surface area contributed by atoms with Gasteiger partial charge in [-0.15, -0.1) is 0 Å². The molecule has 2 amide bonds. The Morgan fingerprint density at radius 1 is 1.07 bits per heavy atom. The highest BCUT2D eigenvalue weighted by Gasteiger charge is 2.35. The largest absolute Gasteiger partial charge is 0.466 e. The van der Waals surface area contributed by atoms with Gasteiger partial charge in [0.15, 0.2) is 9.84 Å². The number of hydrogen-bond acceptors (Lipinski definition) is 5. The van der Waals surface area contributed by atoms with Gasteiger partial charge in [0.1, 0.15) is 0 Å². The molecular formula is C20H20N2O5S. The topological polar surface area (TPSA) is 102 Å². The SMILES string of the molecule is COC(=O)C1=C(CS(=O)(=O)c2ccc(C)cc2)NC(=O)N[C@@H]1c1ccccc1. The molecule has 1 heterocycles. The monoisotopic (exact) mass is 400 g/mol. The molecule has 0 saturated heterocycles. The molecule has 1 aliphatic rings. The van der Waals surface area contributed by atoms with Crippen LogP contribution in [0, 0.1) is 6.92 Å². The maximum absolute atomic E-state index is 12.9. The molecule has 1 aliphatic heterocycles. The third-order valence-electron chi connectivity index (χ3n) is 4.41. The Morgan fingerprint density at radius 3 is 2.32 bits per heavy atom. The average Bonchev–Trinajstić information content (AvgIpc) is 2.67. The first kappa shape index (κ1) is 19.6. The maximum Gasteiger partial charge on any atom is 0.338 e. The number of amides is 2. The van der Waals surface area contributed by atoms with Crippen LogP contribution in [0.1, 0.15) is 17.2 Å². The molecule has 3 rings (SSSR count). The van der Waals surface area contributed by atoms with Crippen LogP contribution < -0.4 is 10.6 Å². The zero-order valence-electron chi connectivity index (χ0n) is 15.4. The minimum atomic E-state index is -3.79. The van der Waals surface area contributed by atoms with Crippen LogP contribution in [0.25, 0.3) is 0 Å². The van der Waals surface area contributed by atoms with Crippen molar-refractivity contribution in [3.8, 4) is 0 Å². The van der Waals surface area contributed by atoms with Crippen molar-refractivity contribution in [2.24, 2.45) is 0 Å². The molecule has 8 heteroatoms. The van der Waals surface area contributed by atoms with Gasteiger partial charge in [-0.25, -0.2) is 18.0 Å².